The first-order valence-corrected chi connectivity index (χ1v) is 6.66. The third kappa shape index (κ3) is 4.24. The first-order chi connectivity index (χ1) is 8.76. The van der Waals surface area contributed by atoms with Gasteiger partial charge < -0.3 is 15.7 Å². The molecule has 0 aromatic heterocycles. The highest BCUT2D eigenvalue weighted by Crippen LogP contribution is 2.21. The van der Waals surface area contributed by atoms with E-state index in [0.29, 0.717) is 5.69 Å². The molecular weight excluding hydrogens is 312 g/mol. The molecule has 5 nitrogen and oxygen atoms in total. The number of amides is 2. The molecule has 0 spiro atoms. The van der Waals surface area contributed by atoms with Gasteiger partial charge in [-0.1, -0.05) is 22.9 Å². The fourth-order valence-corrected chi connectivity index (χ4v) is 1.88. The van der Waals surface area contributed by atoms with Crippen LogP contribution in [0.5, 0.6) is 0 Å². The fourth-order valence-electron chi connectivity index (χ4n) is 1.47. The Bertz CT molecular complexity index is 501. The van der Waals surface area contributed by atoms with Crippen LogP contribution in [0.25, 0.3) is 0 Å². The van der Waals surface area contributed by atoms with Gasteiger partial charge in [0.15, 0.2) is 0 Å². The van der Waals surface area contributed by atoms with E-state index in [1.165, 1.54) is 13.8 Å². The zero-order chi connectivity index (χ0) is 14.6. The van der Waals surface area contributed by atoms with Crippen molar-refractivity contribution < 1.29 is 14.7 Å². The van der Waals surface area contributed by atoms with Gasteiger partial charge in [-0.25, -0.2) is 9.59 Å². The maximum atomic E-state index is 11.8. The largest absolute Gasteiger partial charge is 0.480 e. The van der Waals surface area contributed by atoms with E-state index in [1.807, 2.05) is 19.1 Å². The van der Waals surface area contributed by atoms with Crippen molar-refractivity contribution in [3.05, 3.63) is 28.2 Å². The second-order valence-electron chi connectivity index (χ2n) is 4.66. The Balaban J connectivity index is 2.80. The van der Waals surface area contributed by atoms with E-state index < -0.39 is 17.5 Å². The SMILES string of the molecule is CCc1cc(Br)ccc1NC(=O)NC(C)(C)C(=O)O. The van der Waals surface area contributed by atoms with Crippen molar-refractivity contribution >= 4 is 33.6 Å². The molecule has 0 heterocycles. The second kappa shape index (κ2) is 6.06. The number of aryl methyl sites for hydroxylation is 1. The lowest BCUT2D eigenvalue weighted by atomic mass is 10.1. The van der Waals surface area contributed by atoms with Gasteiger partial charge in [0.1, 0.15) is 5.54 Å². The van der Waals surface area contributed by atoms with E-state index in [-0.39, 0.29) is 0 Å². The second-order valence-corrected chi connectivity index (χ2v) is 5.58. The van der Waals surface area contributed by atoms with E-state index in [2.05, 4.69) is 26.6 Å². The predicted molar refractivity (Wildman–Crippen MR) is 77.4 cm³/mol. The number of carbonyl (C=O) groups is 2. The molecule has 6 heteroatoms. The summed E-state index contributed by atoms with van der Waals surface area (Å²) in [7, 11) is 0. The summed E-state index contributed by atoms with van der Waals surface area (Å²) < 4.78 is 0.932. The van der Waals surface area contributed by atoms with Gasteiger partial charge in [0, 0.05) is 10.2 Å². The number of benzene rings is 1. The molecule has 0 fully saturated rings. The monoisotopic (exact) mass is 328 g/mol. The molecule has 1 aromatic rings. The minimum atomic E-state index is -1.31. The predicted octanol–water partition coefficient (Wildman–Crippen LogP) is 3.00. The lowest BCUT2D eigenvalue weighted by Gasteiger charge is -2.21. The molecule has 0 saturated heterocycles. The number of urea groups is 1. The van der Waals surface area contributed by atoms with E-state index >= 15 is 0 Å². The Morgan fingerprint density at radius 2 is 2.00 bits per heavy atom. The van der Waals surface area contributed by atoms with Crippen LogP contribution in [0.4, 0.5) is 10.5 Å². The van der Waals surface area contributed by atoms with Gasteiger partial charge in [0.2, 0.25) is 0 Å². The van der Waals surface area contributed by atoms with Gasteiger partial charge in [0.05, 0.1) is 0 Å². The van der Waals surface area contributed by atoms with Crippen LogP contribution in [0.15, 0.2) is 22.7 Å². The number of aliphatic carboxylic acids is 1. The number of rotatable bonds is 4. The molecule has 0 saturated carbocycles. The highest BCUT2D eigenvalue weighted by atomic mass is 79.9. The van der Waals surface area contributed by atoms with E-state index in [4.69, 9.17) is 5.11 Å². The van der Waals surface area contributed by atoms with Crippen LogP contribution in [-0.4, -0.2) is 22.6 Å². The third-order valence-corrected chi connectivity index (χ3v) is 3.15. The van der Waals surface area contributed by atoms with Gasteiger partial charge in [-0.15, -0.1) is 0 Å². The van der Waals surface area contributed by atoms with Gasteiger partial charge in [-0.2, -0.15) is 0 Å². The topological polar surface area (TPSA) is 78.4 Å². The average Bonchev–Trinajstić information content (AvgIpc) is 2.30. The Morgan fingerprint density at radius 1 is 1.37 bits per heavy atom. The van der Waals surface area contributed by atoms with E-state index in [9.17, 15) is 9.59 Å². The summed E-state index contributed by atoms with van der Waals surface area (Å²) in [4.78, 5) is 22.7. The summed E-state index contributed by atoms with van der Waals surface area (Å²) in [6.45, 7) is 4.83. The van der Waals surface area contributed by atoms with E-state index in [0.717, 1.165) is 16.5 Å². The van der Waals surface area contributed by atoms with Gasteiger partial charge in [0.25, 0.3) is 0 Å². The number of hydrogen-bond donors (Lipinski definition) is 3. The normalized spacial score (nSPS) is 10.9. The molecule has 1 aromatic carbocycles. The maximum Gasteiger partial charge on any atom is 0.328 e. The van der Waals surface area contributed by atoms with Gasteiger partial charge >= 0.3 is 12.0 Å². The van der Waals surface area contributed by atoms with Crippen molar-refractivity contribution in [3.8, 4) is 0 Å². The highest BCUT2D eigenvalue weighted by Gasteiger charge is 2.29. The number of hydrogen-bond acceptors (Lipinski definition) is 2. The zero-order valence-electron chi connectivity index (χ0n) is 11.1. The summed E-state index contributed by atoms with van der Waals surface area (Å²) in [5.74, 6) is -1.09. The van der Waals surface area contributed by atoms with Crippen LogP contribution in [-0.2, 0) is 11.2 Å². The summed E-state index contributed by atoms with van der Waals surface area (Å²) in [5, 5.41) is 14.0. The maximum absolute atomic E-state index is 11.8. The van der Waals surface area contributed by atoms with Crippen LogP contribution in [0.2, 0.25) is 0 Å². The molecule has 0 aliphatic rings. The molecule has 0 radical (unpaired) electrons. The Hall–Kier alpha value is -1.56. The van der Waals surface area contributed by atoms with Crippen LogP contribution < -0.4 is 10.6 Å². The highest BCUT2D eigenvalue weighted by molar-refractivity contribution is 9.10. The van der Waals surface area contributed by atoms with Crippen molar-refractivity contribution in [2.45, 2.75) is 32.7 Å². The molecule has 0 bridgehead atoms. The van der Waals surface area contributed by atoms with Crippen LogP contribution in [0.1, 0.15) is 26.3 Å². The number of anilines is 1. The molecule has 0 unspecified atom stereocenters. The van der Waals surface area contributed by atoms with Crippen LogP contribution in [0.3, 0.4) is 0 Å². The Labute approximate surface area is 120 Å². The minimum Gasteiger partial charge on any atom is -0.480 e. The number of halogens is 1. The Morgan fingerprint density at radius 3 is 2.53 bits per heavy atom. The van der Waals surface area contributed by atoms with Crippen molar-refractivity contribution in [1.29, 1.82) is 0 Å². The van der Waals surface area contributed by atoms with E-state index in [1.54, 1.807) is 6.07 Å². The number of carbonyl (C=O) groups excluding carboxylic acids is 1. The van der Waals surface area contributed by atoms with Crippen molar-refractivity contribution in [2.24, 2.45) is 0 Å². The molecule has 0 atom stereocenters. The standard InChI is InChI=1S/C13H17BrN2O3/c1-4-8-7-9(14)5-6-10(8)15-12(19)16-13(2,3)11(17)18/h5-7H,4H2,1-3H3,(H,17,18)(H2,15,16,19). The molecular formula is C13H17BrN2O3. The fraction of sp³-hybridized carbons (Fsp3) is 0.385. The first-order valence-electron chi connectivity index (χ1n) is 5.87. The molecule has 0 aliphatic heterocycles. The summed E-state index contributed by atoms with van der Waals surface area (Å²) >= 11 is 3.37. The lowest BCUT2D eigenvalue weighted by molar-refractivity contribution is -0.142. The smallest absolute Gasteiger partial charge is 0.328 e. The molecule has 2 amide bonds. The van der Waals surface area contributed by atoms with Crippen LogP contribution >= 0.6 is 15.9 Å². The van der Waals surface area contributed by atoms with Gasteiger partial charge in [-0.3, -0.25) is 0 Å². The first kappa shape index (κ1) is 15.5. The van der Waals surface area contributed by atoms with Crippen molar-refractivity contribution in [3.63, 3.8) is 0 Å². The summed E-state index contributed by atoms with van der Waals surface area (Å²) in [6, 6.07) is 4.97. The summed E-state index contributed by atoms with van der Waals surface area (Å²) in [5.41, 5.74) is 0.327. The number of carboxylic acid groups (broad SMARTS) is 1. The minimum absolute atomic E-state index is 0.538. The summed E-state index contributed by atoms with van der Waals surface area (Å²) in [6.07, 6.45) is 0.761. The Kier molecular flexibility index (Phi) is 4.94. The molecule has 1 rings (SSSR count). The molecule has 3 N–H and O–H groups in total. The lowest BCUT2D eigenvalue weighted by Crippen LogP contribution is -2.51. The molecule has 19 heavy (non-hydrogen) atoms. The van der Waals surface area contributed by atoms with Gasteiger partial charge in [-0.05, 0) is 44.0 Å². The number of nitrogens with one attached hydrogen (secondary N) is 2. The average molecular weight is 329 g/mol. The number of carboxylic acids is 1. The zero-order valence-corrected chi connectivity index (χ0v) is 12.7. The third-order valence-electron chi connectivity index (χ3n) is 2.66. The molecule has 0 aliphatic carbocycles. The van der Waals surface area contributed by atoms with Crippen molar-refractivity contribution in [2.75, 3.05) is 5.32 Å². The quantitative estimate of drug-likeness (QED) is 0.794. The van der Waals surface area contributed by atoms with Crippen LogP contribution in [0, 0.1) is 0 Å². The molecule has 104 valence electrons. The van der Waals surface area contributed by atoms with Crippen molar-refractivity contribution in [1.82, 2.24) is 5.32 Å².